The molecule has 1 aliphatic rings. The predicted octanol–water partition coefficient (Wildman–Crippen LogP) is 2.28. The number of carbonyl (C=O) groups excluding carboxylic acids is 1. The number of hydrogen-bond donors (Lipinski definition) is 0. The van der Waals surface area contributed by atoms with Crippen LogP contribution in [0.1, 0.15) is 6.42 Å². The monoisotopic (exact) mass is 245 g/mol. The molecule has 1 aliphatic heterocycles. The molecule has 5 heteroatoms. The van der Waals surface area contributed by atoms with E-state index in [0.717, 1.165) is 6.54 Å². The maximum Gasteiger partial charge on any atom is 0.306 e. The van der Waals surface area contributed by atoms with Gasteiger partial charge in [-0.1, -0.05) is 13.1 Å². The fourth-order valence-corrected chi connectivity index (χ4v) is 5.39. The van der Waals surface area contributed by atoms with Gasteiger partial charge in [0.2, 0.25) is 8.32 Å². The Bertz CT molecular complexity index is 248. The van der Waals surface area contributed by atoms with Crippen molar-refractivity contribution in [2.45, 2.75) is 45.2 Å². The van der Waals surface area contributed by atoms with Crippen molar-refractivity contribution in [3.05, 3.63) is 0 Å². The maximum absolute atomic E-state index is 11.7. The number of hydrogen-bond acceptors (Lipinski definition) is 3. The molecule has 0 atom stereocenters. The van der Waals surface area contributed by atoms with E-state index in [9.17, 15) is 4.79 Å². The van der Waals surface area contributed by atoms with Crippen LogP contribution in [-0.4, -0.2) is 40.2 Å². The molecular formula is C10H23NO2Si2. The molecule has 0 unspecified atom stereocenters. The zero-order valence-electron chi connectivity index (χ0n) is 10.6. The Morgan fingerprint density at radius 1 is 1.40 bits per heavy atom. The van der Waals surface area contributed by atoms with Crippen LogP contribution in [-0.2, 0) is 9.22 Å². The molecular weight excluding hydrogens is 222 g/mol. The van der Waals surface area contributed by atoms with Crippen molar-refractivity contribution >= 4 is 22.5 Å². The molecule has 0 saturated carbocycles. The van der Waals surface area contributed by atoms with E-state index in [2.05, 4.69) is 37.3 Å². The third-order valence-electron chi connectivity index (χ3n) is 2.81. The molecule has 1 saturated heterocycles. The van der Waals surface area contributed by atoms with Gasteiger partial charge in [-0.3, -0.25) is 4.79 Å². The molecule has 0 radical (unpaired) electrons. The van der Waals surface area contributed by atoms with Crippen molar-refractivity contribution in [2.24, 2.45) is 0 Å². The predicted molar refractivity (Wildman–Crippen MR) is 67.9 cm³/mol. The molecule has 15 heavy (non-hydrogen) atoms. The minimum Gasteiger partial charge on any atom is -0.519 e. The Morgan fingerprint density at radius 3 is 2.40 bits per heavy atom. The van der Waals surface area contributed by atoms with Crippen LogP contribution in [0.15, 0.2) is 0 Å². The van der Waals surface area contributed by atoms with Crippen LogP contribution < -0.4 is 0 Å². The Hall–Kier alpha value is -0.136. The first-order valence-corrected chi connectivity index (χ1v) is 12.2. The van der Waals surface area contributed by atoms with E-state index in [4.69, 9.17) is 4.43 Å². The molecule has 0 N–H and O–H groups in total. The van der Waals surface area contributed by atoms with Gasteiger partial charge in [0, 0.05) is 0 Å². The van der Waals surface area contributed by atoms with Crippen molar-refractivity contribution in [3.63, 3.8) is 0 Å². The first kappa shape index (κ1) is 12.9. The van der Waals surface area contributed by atoms with Crippen LogP contribution in [0.2, 0.25) is 38.8 Å². The Morgan fingerprint density at radius 2 is 2.00 bits per heavy atom. The lowest BCUT2D eigenvalue weighted by Crippen LogP contribution is -2.47. The first-order valence-electron chi connectivity index (χ1n) is 5.68. The normalized spacial score (nSPS) is 21.7. The summed E-state index contributed by atoms with van der Waals surface area (Å²) in [6.45, 7) is 12.4. The second-order valence-electron chi connectivity index (χ2n) is 5.92. The molecule has 0 amide bonds. The molecule has 0 aromatic rings. The summed E-state index contributed by atoms with van der Waals surface area (Å²) >= 11 is 0. The average molecular weight is 245 g/mol. The van der Waals surface area contributed by atoms with E-state index in [-0.39, 0.29) is 5.97 Å². The molecule has 88 valence electrons. The van der Waals surface area contributed by atoms with Crippen LogP contribution >= 0.6 is 0 Å². The molecule has 3 nitrogen and oxygen atoms in total. The van der Waals surface area contributed by atoms with Crippen molar-refractivity contribution in [2.75, 3.05) is 13.1 Å². The van der Waals surface area contributed by atoms with Gasteiger partial charge in [0.25, 0.3) is 0 Å². The van der Waals surface area contributed by atoms with E-state index in [0.29, 0.717) is 6.54 Å². The fraction of sp³-hybridized carbons (Fsp3) is 0.900. The highest BCUT2D eigenvalue weighted by molar-refractivity contribution is 6.75. The van der Waals surface area contributed by atoms with Gasteiger partial charge >= 0.3 is 5.97 Å². The molecule has 1 heterocycles. The third-order valence-corrected chi connectivity index (χ3v) is 7.32. The summed E-state index contributed by atoms with van der Waals surface area (Å²) in [5, 5.41) is 0. The summed E-state index contributed by atoms with van der Waals surface area (Å²) in [7, 11) is -2.96. The lowest BCUT2D eigenvalue weighted by atomic mass is 10.5. The number of carbonyl (C=O) groups is 1. The van der Waals surface area contributed by atoms with Crippen molar-refractivity contribution in [1.29, 1.82) is 0 Å². The smallest absolute Gasteiger partial charge is 0.306 e. The first-order chi connectivity index (χ1) is 6.71. The number of rotatable bonds is 3. The molecule has 1 fully saturated rings. The molecule has 0 spiro atoms. The van der Waals surface area contributed by atoms with Gasteiger partial charge in [0.15, 0.2) is 0 Å². The SMILES string of the molecule is C[Si](C)(C)OC(=O)CN1CCC[Si]1(C)C. The summed E-state index contributed by atoms with van der Waals surface area (Å²) in [6.07, 6.45) is 1.25. The summed E-state index contributed by atoms with van der Waals surface area (Å²) in [5.41, 5.74) is 0. The molecule has 0 aromatic carbocycles. The zero-order valence-corrected chi connectivity index (χ0v) is 12.6. The van der Waals surface area contributed by atoms with Gasteiger partial charge in [-0.25, -0.2) is 0 Å². The average Bonchev–Trinajstić information content (AvgIpc) is 2.26. The Kier molecular flexibility index (Phi) is 3.78. The van der Waals surface area contributed by atoms with Crippen molar-refractivity contribution < 1.29 is 9.22 Å². The van der Waals surface area contributed by atoms with Crippen LogP contribution in [0.5, 0.6) is 0 Å². The number of nitrogens with zero attached hydrogens (tertiary/aromatic N) is 1. The van der Waals surface area contributed by atoms with Crippen molar-refractivity contribution in [3.8, 4) is 0 Å². The van der Waals surface area contributed by atoms with E-state index in [1.165, 1.54) is 12.5 Å². The second kappa shape index (κ2) is 4.39. The Balaban J connectivity index is 2.45. The lowest BCUT2D eigenvalue weighted by molar-refractivity contribution is -0.135. The fourth-order valence-electron chi connectivity index (χ4n) is 1.99. The summed E-state index contributed by atoms with van der Waals surface area (Å²) in [5.74, 6) is -0.0170. The van der Waals surface area contributed by atoms with Gasteiger partial charge in [0.1, 0.15) is 8.24 Å². The van der Waals surface area contributed by atoms with Crippen LogP contribution in [0.3, 0.4) is 0 Å². The van der Waals surface area contributed by atoms with Crippen LogP contribution in [0.25, 0.3) is 0 Å². The standard InChI is InChI=1S/C10H23NO2Si2/c1-14(2,3)13-10(12)9-11-7-6-8-15(11,4)5/h6-9H2,1-5H3. The highest BCUT2D eigenvalue weighted by Gasteiger charge is 2.36. The second-order valence-corrected chi connectivity index (χ2v) is 15.1. The molecule has 0 aliphatic carbocycles. The van der Waals surface area contributed by atoms with E-state index < -0.39 is 16.6 Å². The zero-order chi connectivity index (χ0) is 11.7. The summed E-state index contributed by atoms with van der Waals surface area (Å²) in [6, 6.07) is 1.31. The maximum atomic E-state index is 11.7. The summed E-state index contributed by atoms with van der Waals surface area (Å²) < 4.78 is 7.84. The molecule has 1 rings (SSSR count). The minimum absolute atomic E-state index is 0.0170. The molecule has 0 bridgehead atoms. The largest absolute Gasteiger partial charge is 0.519 e. The minimum atomic E-state index is -1.70. The topological polar surface area (TPSA) is 29.5 Å². The van der Waals surface area contributed by atoms with Gasteiger partial charge in [-0.15, -0.1) is 0 Å². The van der Waals surface area contributed by atoms with E-state index >= 15 is 0 Å². The Labute approximate surface area is 95.0 Å². The van der Waals surface area contributed by atoms with Gasteiger partial charge in [-0.2, -0.15) is 0 Å². The quantitative estimate of drug-likeness (QED) is 0.715. The van der Waals surface area contributed by atoms with Crippen LogP contribution in [0, 0.1) is 0 Å². The summed E-state index contributed by atoms with van der Waals surface area (Å²) in [4.78, 5) is 11.7. The van der Waals surface area contributed by atoms with E-state index in [1.54, 1.807) is 0 Å². The third kappa shape index (κ3) is 4.08. The van der Waals surface area contributed by atoms with Gasteiger partial charge < -0.3 is 8.99 Å². The van der Waals surface area contributed by atoms with Crippen molar-refractivity contribution in [1.82, 2.24) is 4.57 Å². The highest BCUT2D eigenvalue weighted by Crippen LogP contribution is 2.25. The van der Waals surface area contributed by atoms with Gasteiger partial charge in [0.05, 0.1) is 6.54 Å². The van der Waals surface area contributed by atoms with Gasteiger partial charge in [-0.05, 0) is 38.7 Å². The highest BCUT2D eigenvalue weighted by atomic mass is 28.4. The lowest BCUT2D eigenvalue weighted by Gasteiger charge is -2.29. The van der Waals surface area contributed by atoms with E-state index in [1.807, 2.05) is 0 Å². The molecule has 0 aromatic heterocycles. The van der Waals surface area contributed by atoms with Crippen LogP contribution in [0.4, 0.5) is 0 Å².